The van der Waals surface area contributed by atoms with Crippen LogP contribution in [0.25, 0.3) is 5.65 Å². The topological polar surface area (TPSA) is 43.6 Å². The van der Waals surface area contributed by atoms with Gasteiger partial charge in [-0.1, -0.05) is 0 Å². The molecule has 0 amide bonds. The van der Waals surface area contributed by atoms with Crippen LogP contribution in [-0.4, -0.2) is 27.5 Å². The quantitative estimate of drug-likeness (QED) is 0.617. The molecule has 2 rings (SSSR count). The van der Waals surface area contributed by atoms with Gasteiger partial charge in [0.2, 0.25) is 0 Å². The van der Waals surface area contributed by atoms with E-state index in [0.29, 0.717) is 0 Å². The molecule has 0 unspecified atom stereocenters. The molecule has 0 fully saturated rings. The van der Waals surface area contributed by atoms with E-state index in [1.54, 1.807) is 13.3 Å². The maximum absolute atomic E-state index is 11.0. The molecule has 90 valence electrons. The molecule has 0 N–H and O–H groups in total. The van der Waals surface area contributed by atoms with Crippen LogP contribution in [0.15, 0.2) is 29.6 Å². The molecule has 4 nitrogen and oxygen atoms in total. The van der Waals surface area contributed by atoms with Gasteiger partial charge in [-0.05, 0) is 13.8 Å². The highest BCUT2D eigenvalue weighted by Crippen LogP contribution is 2.37. The van der Waals surface area contributed by atoms with Gasteiger partial charge in [0.15, 0.2) is 0 Å². The maximum atomic E-state index is 11.0. The summed E-state index contributed by atoms with van der Waals surface area (Å²) in [4.78, 5) is 16.1. The van der Waals surface area contributed by atoms with E-state index in [1.165, 1.54) is 11.8 Å². The number of aromatic nitrogens is 2. The second kappa shape index (κ2) is 4.41. The number of rotatable bonds is 4. The van der Waals surface area contributed by atoms with Gasteiger partial charge in [0.25, 0.3) is 0 Å². The van der Waals surface area contributed by atoms with Gasteiger partial charge in [0.05, 0.1) is 16.8 Å². The third kappa shape index (κ3) is 2.44. The van der Waals surface area contributed by atoms with Crippen LogP contribution < -0.4 is 4.74 Å². The van der Waals surface area contributed by atoms with Crippen molar-refractivity contribution in [3.8, 4) is 5.75 Å². The van der Waals surface area contributed by atoms with Gasteiger partial charge in [-0.15, -0.1) is 11.8 Å². The Morgan fingerprint density at radius 2 is 2.29 bits per heavy atom. The Morgan fingerprint density at radius 3 is 2.94 bits per heavy atom. The summed E-state index contributed by atoms with van der Waals surface area (Å²) in [6.07, 6.45) is 6.47. The van der Waals surface area contributed by atoms with Crippen LogP contribution in [0, 0.1) is 0 Å². The molecule has 0 saturated carbocycles. The number of carbonyl (C=O) groups is 1. The number of imidazole rings is 1. The Labute approximate surface area is 104 Å². The summed E-state index contributed by atoms with van der Waals surface area (Å²) in [5.74, 6) is 0.739. The predicted molar refractivity (Wildman–Crippen MR) is 67.7 cm³/mol. The van der Waals surface area contributed by atoms with Crippen LogP contribution in [0.2, 0.25) is 0 Å². The number of hydrogen-bond acceptors (Lipinski definition) is 4. The summed E-state index contributed by atoms with van der Waals surface area (Å²) in [6.45, 7) is 3.75. The van der Waals surface area contributed by atoms with Gasteiger partial charge in [-0.25, -0.2) is 4.98 Å². The fraction of sp³-hybridized carbons (Fsp3) is 0.333. The first-order valence-electron chi connectivity index (χ1n) is 5.22. The van der Waals surface area contributed by atoms with Crippen LogP contribution in [0.1, 0.15) is 13.8 Å². The molecule has 2 aromatic heterocycles. The van der Waals surface area contributed by atoms with Gasteiger partial charge < -0.3 is 13.9 Å². The second-order valence-electron chi connectivity index (χ2n) is 4.22. The number of aldehydes is 1. The van der Waals surface area contributed by atoms with Crippen molar-refractivity contribution in [2.75, 3.05) is 7.11 Å². The van der Waals surface area contributed by atoms with Crippen LogP contribution in [-0.2, 0) is 4.79 Å². The van der Waals surface area contributed by atoms with Crippen molar-refractivity contribution in [1.82, 2.24) is 9.38 Å². The molecule has 0 aliphatic heterocycles. The molecule has 5 heteroatoms. The summed E-state index contributed by atoms with van der Waals surface area (Å²) in [5, 5.41) is 0. The third-order valence-electron chi connectivity index (χ3n) is 2.33. The Bertz CT molecular complexity index is 548. The number of pyridine rings is 1. The largest absolute Gasteiger partial charge is 0.495 e. The van der Waals surface area contributed by atoms with Crippen molar-refractivity contribution in [3.05, 3.63) is 24.7 Å². The molecule has 0 spiro atoms. The minimum atomic E-state index is -0.471. The lowest BCUT2D eigenvalue weighted by Gasteiger charge is -2.18. The summed E-state index contributed by atoms with van der Waals surface area (Å²) >= 11 is 1.47. The SMILES string of the molecule is COc1cc2nccn2cc1SC(C)(C)C=O. The predicted octanol–water partition coefficient (Wildman–Crippen LogP) is 2.41. The van der Waals surface area contributed by atoms with E-state index in [0.717, 1.165) is 22.6 Å². The highest BCUT2D eigenvalue weighted by molar-refractivity contribution is 8.01. The normalized spacial score (nSPS) is 11.7. The number of fused-ring (bicyclic) bond motifs is 1. The third-order valence-corrected chi connectivity index (χ3v) is 3.48. The number of ether oxygens (including phenoxy) is 1. The summed E-state index contributed by atoms with van der Waals surface area (Å²) in [5.41, 5.74) is 0.829. The lowest BCUT2D eigenvalue weighted by Crippen LogP contribution is -2.16. The average Bonchev–Trinajstić information content (AvgIpc) is 2.74. The molecule has 0 bridgehead atoms. The second-order valence-corrected chi connectivity index (χ2v) is 5.92. The Hall–Kier alpha value is -1.49. The molecule has 2 heterocycles. The molecular weight excluding hydrogens is 236 g/mol. The molecule has 0 aliphatic rings. The number of methoxy groups -OCH3 is 1. The molecule has 0 aliphatic carbocycles. The summed E-state index contributed by atoms with van der Waals surface area (Å²) < 4.78 is 6.76. The van der Waals surface area contributed by atoms with E-state index in [1.807, 2.05) is 36.7 Å². The molecule has 17 heavy (non-hydrogen) atoms. The van der Waals surface area contributed by atoms with Gasteiger partial charge in [0.1, 0.15) is 17.7 Å². The van der Waals surface area contributed by atoms with Gasteiger partial charge in [-0.2, -0.15) is 0 Å². The smallest absolute Gasteiger partial charge is 0.140 e. The van der Waals surface area contributed by atoms with E-state index >= 15 is 0 Å². The van der Waals surface area contributed by atoms with E-state index < -0.39 is 4.75 Å². The fourth-order valence-corrected chi connectivity index (χ4v) is 2.49. The zero-order valence-electron chi connectivity index (χ0n) is 10.0. The molecular formula is C12H14N2O2S. The van der Waals surface area contributed by atoms with Gasteiger partial charge >= 0.3 is 0 Å². The number of nitrogens with zero attached hydrogens (tertiary/aromatic N) is 2. The fourth-order valence-electron chi connectivity index (χ4n) is 1.47. The molecule has 0 aromatic carbocycles. The number of hydrogen-bond donors (Lipinski definition) is 0. The lowest BCUT2D eigenvalue weighted by atomic mass is 10.2. The van der Waals surface area contributed by atoms with Crippen molar-refractivity contribution in [3.63, 3.8) is 0 Å². The Balaban J connectivity index is 2.47. The number of thioether (sulfide) groups is 1. The van der Waals surface area contributed by atoms with E-state index in [4.69, 9.17) is 4.74 Å². The molecule has 0 saturated heterocycles. The Morgan fingerprint density at radius 1 is 1.53 bits per heavy atom. The van der Waals surface area contributed by atoms with Crippen LogP contribution >= 0.6 is 11.8 Å². The first-order valence-corrected chi connectivity index (χ1v) is 6.03. The maximum Gasteiger partial charge on any atom is 0.140 e. The van der Waals surface area contributed by atoms with Crippen LogP contribution in [0.3, 0.4) is 0 Å². The van der Waals surface area contributed by atoms with Gasteiger partial charge in [-0.3, -0.25) is 0 Å². The average molecular weight is 250 g/mol. The molecule has 0 atom stereocenters. The van der Waals surface area contributed by atoms with Crippen molar-refractivity contribution < 1.29 is 9.53 Å². The highest BCUT2D eigenvalue weighted by atomic mass is 32.2. The lowest BCUT2D eigenvalue weighted by molar-refractivity contribution is -0.109. The van der Waals surface area contributed by atoms with E-state index in [-0.39, 0.29) is 0 Å². The van der Waals surface area contributed by atoms with Crippen LogP contribution in [0.4, 0.5) is 0 Å². The van der Waals surface area contributed by atoms with E-state index in [2.05, 4.69) is 4.98 Å². The van der Waals surface area contributed by atoms with Crippen molar-refractivity contribution in [2.24, 2.45) is 0 Å². The monoisotopic (exact) mass is 250 g/mol. The molecule has 0 radical (unpaired) electrons. The first-order chi connectivity index (χ1) is 8.05. The summed E-state index contributed by atoms with van der Waals surface area (Å²) in [7, 11) is 1.62. The standard InChI is InChI=1S/C12H14N2O2S/c1-12(2,8-15)17-10-7-14-5-4-13-11(14)6-9(10)16-3/h4-8H,1-3H3. The van der Waals surface area contributed by atoms with Crippen molar-refractivity contribution >= 4 is 23.7 Å². The minimum absolute atomic E-state index is 0.471. The van der Waals surface area contributed by atoms with E-state index in [9.17, 15) is 4.79 Å². The zero-order valence-corrected chi connectivity index (χ0v) is 10.8. The Kier molecular flexibility index (Phi) is 3.11. The summed E-state index contributed by atoms with van der Waals surface area (Å²) in [6, 6.07) is 1.86. The van der Waals surface area contributed by atoms with Crippen molar-refractivity contribution in [1.29, 1.82) is 0 Å². The first kappa shape index (κ1) is 12.0. The van der Waals surface area contributed by atoms with Crippen LogP contribution in [0.5, 0.6) is 5.75 Å². The van der Waals surface area contributed by atoms with Gasteiger partial charge in [0, 0.05) is 24.7 Å². The minimum Gasteiger partial charge on any atom is -0.495 e. The zero-order chi connectivity index (χ0) is 12.5. The van der Waals surface area contributed by atoms with Crippen molar-refractivity contribution in [2.45, 2.75) is 23.5 Å². The molecule has 2 aromatic rings. The number of carbonyl (C=O) groups excluding carboxylic acids is 1. The highest BCUT2D eigenvalue weighted by Gasteiger charge is 2.21.